The highest BCUT2D eigenvalue weighted by Gasteiger charge is 2.38. The van der Waals surface area contributed by atoms with Crippen LogP contribution in [-0.2, 0) is 9.59 Å². The lowest BCUT2D eigenvalue weighted by atomic mass is 10.2. The van der Waals surface area contributed by atoms with Crippen LogP contribution < -0.4 is 19.8 Å². The Bertz CT molecular complexity index is 943. The van der Waals surface area contributed by atoms with Crippen LogP contribution in [0.2, 0.25) is 0 Å². The van der Waals surface area contributed by atoms with Gasteiger partial charge < -0.3 is 14.8 Å². The van der Waals surface area contributed by atoms with Crippen molar-refractivity contribution in [3.63, 3.8) is 0 Å². The summed E-state index contributed by atoms with van der Waals surface area (Å²) in [6.45, 7) is 1.33. The number of hydrazone groups is 1. The monoisotopic (exact) mass is 381 g/mol. The molecule has 1 unspecified atom stereocenters. The van der Waals surface area contributed by atoms with Crippen LogP contribution in [0.25, 0.3) is 0 Å². The Kier molecular flexibility index (Phi) is 5.64. The smallest absolute Gasteiger partial charge is 0.282 e. The molecule has 144 valence electrons. The minimum atomic E-state index is -1.07. The Morgan fingerprint density at radius 1 is 1.14 bits per heavy atom. The molecule has 1 N–H and O–H groups in total. The van der Waals surface area contributed by atoms with Crippen LogP contribution in [0.3, 0.4) is 0 Å². The van der Waals surface area contributed by atoms with E-state index < -0.39 is 11.9 Å². The minimum Gasteiger partial charge on any atom is -0.497 e. The van der Waals surface area contributed by atoms with Crippen LogP contribution >= 0.6 is 0 Å². The summed E-state index contributed by atoms with van der Waals surface area (Å²) in [5.41, 5.74) is 0.978. The molecule has 1 heterocycles. The number of hydrogen-bond donors (Lipinski definition) is 1. The standard InChI is InChI=1S/C19H19N5O4/c1-12(25)20-18-17(19(26)24(23-18)13-7-5-4-6-8-13)22-21-15-10-9-14(27-2)11-16(15)28-3/h4-11,17H,1-3H3,(H,20,23,25). The third-order valence-electron chi connectivity index (χ3n) is 3.88. The molecule has 28 heavy (non-hydrogen) atoms. The Morgan fingerprint density at radius 3 is 2.54 bits per heavy atom. The Labute approximate surface area is 161 Å². The molecule has 2 aromatic carbocycles. The minimum absolute atomic E-state index is 0.109. The van der Waals surface area contributed by atoms with E-state index in [1.54, 1.807) is 49.6 Å². The molecule has 0 aliphatic carbocycles. The average Bonchev–Trinajstić information content (AvgIpc) is 3.01. The van der Waals surface area contributed by atoms with Gasteiger partial charge in [-0.3, -0.25) is 9.59 Å². The van der Waals surface area contributed by atoms with Gasteiger partial charge in [0.05, 0.1) is 19.9 Å². The molecule has 1 aliphatic heterocycles. The van der Waals surface area contributed by atoms with Crippen molar-refractivity contribution in [3.8, 4) is 11.5 Å². The van der Waals surface area contributed by atoms with Gasteiger partial charge in [0.1, 0.15) is 17.2 Å². The third-order valence-corrected chi connectivity index (χ3v) is 3.88. The summed E-state index contributed by atoms with van der Waals surface area (Å²) in [4.78, 5) is 24.3. The Balaban J connectivity index is 1.91. The van der Waals surface area contributed by atoms with Crippen molar-refractivity contribution in [2.45, 2.75) is 13.0 Å². The number of carbonyl (C=O) groups is 2. The molecule has 1 atom stereocenters. The van der Waals surface area contributed by atoms with Crippen molar-refractivity contribution in [3.05, 3.63) is 48.5 Å². The van der Waals surface area contributed by atoms with Crippen LogP contribution in [0, 0.1) is 0 Å². The molecule has 9 nitrogen and oxygen atoms in total. The van der Waals surface area contributed by atoms with E-state index in [0.717, 1.165) is 0 Å². The van der Waals surface area contributed by atoms with Crippen molar-refractivity contribution < 1.29 is 19.1 Å². The van der Waals surface area contributed by atoms with Crippen LogP contribution in [0.15, 0.2) is 63.9 Å². The fraction of sp³-hybridized carbons (Fsp3) is 0.211. The Hall–Kier alpha value is -3.75. The highest BCUT2D eigenvalue weighted by molar-refractivity contribution is 6.21. The van der Waals surface area contributed by atoms with Crippen LogP contribution in [0.1, 0.15) is 6.92 Å². The van der Waals surface area contributed by atoms with Gasteiger partial charge in [0.25, 0.3) is 5.91 Å². The number of amidine groups is 1. The van der Waals surface area contributed by atoms with E-state index >= 15 is 0 Å². The highest BCUT2D eigenvalue weighted by Crippen LogP contribution is 2.32. The molecule has 2 aromatic rings. The van der Waals surface area contributed by atoms with E-state index in [0.29, 0.717) is 22.9 Å². The molecule has 0 fully saturated rings. The number of benzene rings is 2. The summed E-state index contributed by atoms with van der Waals surface area (Å²) < 4.78 is 10.4. The zero-order chi connectivity index (χ0) is 20.1. The summed E-state index contributed by atoms with van der Waals surface area (Å²) in [6, 6.07) is 12.8. The number of para-hydroxylation sites is 1. The lowest BCUT2D eigenvalue weighted by Crippen LogP contribution is -2.38. The summed E-state index contributed by atoms with van der Waals surface area (Å²) in [6.07, 6.45) is 0. The number of carbonyl (C=O) groups excluding carboxylic acids is 2. The van der Waals surface area contributed by atoms with Gasteiger partial charge in [0.2, 0.25) is 11.9 Å². The molecular weight excluding hydrogens is 362 g/mol. The highest BCUT2D eigenvalue weighted by atomic mass is 16.5. The van der Waals surface area contributed by atoms with Gasteiger partial charge in [0, 0.05) is 13.0 Å². The van der Waals surface area contributed by atoms with Gasteiger partial charge in [-0.2, -0.15) is 15.2 Å². The molecule has 1 aliphatic rings. The molecule has 2 amide bonds. The normalized spacial score (nSPS) is 16.2. The number of ether oxygens (including phenoxy) is 2. The Morgan fingerprint density at radius 2 is 1.89 bits per heavy atom. The summed E-state index contributed by atoms with van der Waals surface area (Å²) in [5.74, 6) is 0.363. The third kappa shape index (κ3) is 3.98. The molecule has 9 heteroatoms. The first-order chi connectivity index (χ1) is 13.5. The number of amides is 2. The maximum atomic E-state index is 12.8. The van der Waals surface area contributed by atoms with E-state index in [9.17, 15) is 9.59 Å². The first-order valence-electron chi connectivity index (χ1n) is 8.41. The van der Waals surface area contributed by atoms with Gasteiger partial charge in [0.15, 0.2) is 5.84 Å². The molecule has 3 rings (SSSR count). The van der Waals surface area contributed by atoms with E-state index in [1.165, 1.54) is 19.0 Å². The lowest BCUT2D eigenvalue weighted by molar-refractivity contribution is -0.117. The summed E-state index contributed by atoms with van der Waals surface area (Å²) in [7, 11) is 3.04. The second kappa shape index (κ2) is 8.30. The molecule has 0 saturated heterocycles. The maximum Gasteiger partial charge on any atom is 0.282 e. The largest absolute Gasteiger partial charge is 0.497 e. The van der Waals surface area contributed by atoms with Gasteiger partial charge >= 0.3 is 0 Å². The first kappa shape index (κ1) is 19.0. The maximum absolute atomic E-state index is 12.8. The second-order valence-corrected chi connectivity index (χ2v) is 5.81. The van der Waals surface area contributed by atoms with Crippen LogP contribution in [0.4, 0.5) is 11.4 Å². The van der Waals surface area contributed by atoms with Crippen LogP contribution in [-0.4, -0.2) is 37.9 Å². The van der Waals surface area contributed by atoms with Gasteiger partial charge in [-0.1, -0.05) is 18.2 Å². The number of anilines is 1. The van der Waals surface area contributed by atoms with E-state index in [4.69, 9.17) is 9.47 Å². The SMILES string of the molecule is COc1ccc(N=NC2C(=O)N(c3ccccc3)N=C2NC(C)=O)c(OC)c1. The van der Waals surface area contributed by atoms with E-state index in [2.05, 4.69) is 20.6 Å². The summed E-state index contributed by atoms with van der Waals surface area (Å²) in [5, 5.41) is 16.2. The summed E-state index contributed by atoms with van der Waals surface area (Å²) >= 11 is 0. The van der Waals surface area contributed by atoms with E-state index in [1.807, 2.05) is 6.07 Å². The van der Waals surface area contributed by atoms with Crippen LogP contribution in [0.5, 0.6) is 11.5 Å². The molecule has 0 spiro atoms. The molecule has 0 saturated carbocycles. The first-order valence-corrected chi connectivity index (χ1v) is 8.41. The number of hydrogen-bond acceptors (Lipinski definition) is 7. The molecule has 0 aromatic heterocycles. The van der Waals surface area contributed by atoms with Gasteiger partial charge in [-0.05, 0) is 24.3 Å². The lowest BCUT2D eigenvalue weighted by Gasteiger charge is -2.11. The van der Waals surface area contributed by atoms with Crippen molar-refractivity contribution in [1.82, 2.24) is 5.32 Å². The predicted octanol–water partition coefficient (Wildman–Crippen LogP) is 2.65. The topological polar surface area (TPSA) is 105 Å². The number of nitrogens with zero attached hydrogens (tertiary/aromatic N) is 4. The van der Waals surface area contributed by atoms with Gasteiger partial charge in [-0.25, -0.2) is 0 Å². The molecular formula is C19H19N5O4. The number of nitrogens with one attached hydrogen (secondary N) is 1. The fourth-order valence-electron chi connectivity index (χ4n) is 2.56. The van der Waals surface area contributed by atoms with Crippen molar-refractivity contribution >= 4 is 29.0 Å². The predicted molar refractivity (Wildman–Crippen MR) is 103 cm³/mol. The zero-order valence-corrected chi connectivity index (χ0v) is 15.6. The van der Waals surface area contributed by atoms with Crippen molar-refractivity contribution in [1.29, 1.82) is 0 Å². The number of azo groups is 1. The average molecular weight is 381 g/mol. The fourth-order valence-corrected chi connectivity index (χ4v) is 2.56. The van der Waals surface area contributed by atoms with Gasteiger partial charge in [-0.15, -0.1) is 5.10 Å². The quantitative estimate of drug-likeness (QED) is 0.804. The van der Waals surface area contributed by atoms with E-state index in [-0.39, 0.29) is 11.7 Å². The second-order valence-electron chi connectivity index (χ2n) is 5.81. The molecule has 0 radical (unpaired) electrons. The number of rotatable bonds is 5. The molecule has 0 bridgehead atoms. The zero-order valence-electron chi connectivity index (χ0n) is 15.6. The van der Waals surface area contributed by atoms with Crippen molar-refractivity contribution in [2.75, 3.05) is 19.2 Å². The van der Waals surface area contributed by atoms with Crippen molar-refractivity contribution in [2.24, 2.45) is 15.3 Å². The number of methoxy groups -OCH3 is 2.